The van der Waals surface area contributed by atoms with Crippen LogP contribution in [0.15, 0.2) is 11.8 Å². The number of hydrogen-bond acceptors (Lipinski definition) is 3. The monoisotopic (exact) mass is 216 g/mol. The highest BCUT2D eigenvalue weighted by molar-refractivity contribution is 5.84. The minimum atomic E-state index is -1.13. The van der Waals surface area contributed by atoms with Crippen LogP contribution in [0.25, 0.3) is 0 Å². The second-order valence-electron chi connectivity index (χ2n) is 3.33. The third-order valence-corrected chi connectivity index (χ3v) is 1.96. The van der Waals surface area contributed by atoms with Crippen LogP contribution in [0.4, 0.5) is 0 Å². The number of unbranched alkanes of at least 4 members (excludes halogenated alkanes) is 2. The zero-order valence-electron chi connectivity index (χ0n) is 9.40. The molecule has 0 aliphatic heterocycles. The van der Waals surface area contributed by atoms with E-state index >= 15 is 0 Å². The molecule has 15 heavy (non-hydrogen) atoms. The second kappa shape index (κ2) is 8.29. The summed E-state index contributed by atoms with van der Waals surface area (Å²) in [6.45, 7) is 4.07. The van der Waals surface area contributed by atoms with Crippen molar-refractivity contribution >= 4 is 5.97 Å². The first-order valence-corrected chi connectivity index (χ1v) is 5.37. The predicted octanol–water partition coefficient (Wildman–Crippen LogP) is 1.93. The molecule has 0 amide bonds. The van der Waals surface area contributed by atoms with E-state index in [0.717, 1.165) is 19.3 Å². The Balaban J connectivity index is 4.08. The van der Waals surface area contributed by atoms with Crippen LogP contribution in [0.5, 0.6) is 0 Å². The van der Waals surface area contributed by atoms with Crippen molar-refractivity contribution in [2.45, 2.75) is 45.6 Å². The summed E-state index contributed by atoms with van der Waals surface area (Å²) < 4.78 is 4.88. The van der Waals surface area contributed by atoms with Crippen LogP contribution >= 0.6 is 0 Å². The SMILES string of the molecule is CCCCCC(O)C=C(OCC)C(=O)O. The molecule has 0 saturated carbocycles. The summed E-state index contributed by atoms with van der Waals surface area (Å²) in [7, 11) is 0. The van der Waals surface area contributed by atoms with Gasteiger partial charge in [-0.3, -0.25) is 0 Å². The Morgan fingerprint density at radius 3 is 2.53 bits per heavy atom. The molecule has 0 rings (SSSR count). The van der Waals surface area contributed by atoms with Crippen LogP contribution in [0.3, 0.4) is 0 Å². The van der Waals surface area contributed by atoms with Crippen molar-refractivity contribution < 1.29 is 19.7 Å². The van der Waals surface area contributed by atoms with Crippen molar-refractivity contribution in [1.82, 2.24) is 0 Å². The maximum atomic E-state index is 10.7. The van der Waals surface area contributed by atoms with E-state index in [1.165, 1.54) is 6.08 Å². The zero-order chi connectivity index (χ0) is 11.7. The maximum absolute atomic E-state index is 10.7. The topological polar surface area (TPSA) is 66.8 Å². The van der Waals surface area contributed by atoms with Crippen LogP contribution in [0, 0.1) is 0 Å². The predicted molar refractivity (Wildman–Crippen MR) is 57.5 cm³/mol. The van der Waals surface area contributed by atoms with Gasteiger partial charge in [0, 0.05) is 0 Å². The number of hydrogen-bond donors (Lipinski definition) is 2. The van der Waals surface area contributed by atoms with Crippen LogP contribution in [-0.2, 0) is 9.53 Å². The van der Waals surface area contributed by atoms with E-state index in [1.54, 1.807) is 6.92 Å². The number of rotatable bonds is 8. The second-order valence-corrected chi connectivity index (χ2v) is 3.33. The van der Waals surface area contributed by atoms with Gasteiger partial charge in [0.1, 0.15) is 0 Å². The van der Waals surface area contributed by atoms with Gasteiger partial charge in [-0.15, -0.1) is 0 Å². The summed E-state index contributed by atoms with van der Waals surface area (Å²) in [6.07, 6.45) is 4.14. The number of carbonyl (C=O) groups is 1. The molecule has 88 valence electrons. The Bertz CT molecular complexity index is 211. The molecule has 2 N–H and O–H groups in total. The third kappa shape index (κ3) is 6.96. The fourth-order valence-electron chi connectivity index (χ4n) is 1.20. The van der Waals surface area contributed by atoms with Crippen LogP contribution < -0.4 is 0 Å². The van der Waals surface area contributed by atoms with E-state index < -0.39 is 12.1 Å². The van der Waals surface area contributed by atoms with E-state index in [-0.39, 0.29) is 5.76 Å². The molecule has 1 atom stereocenters. The molecule has 4 nitrogen and oxygen atoms in total. The average molecular weight is 216 g/mol. The highest BCUT2D eigenvalue weighted by Gasteiger charge is 2.10. The van der Waals surface area contributed by atoms with E-state index in [2.05, 4.69) is 6.92 Å². The maximum Gasteiger partial charge on any atom is 0.370 e. The van der Waals surface area contributed by atoms with Gasteiger partial charge in [0.05, 0.1) is 12.7 Å². The fourth-order valence-corrected chi connectivity index (χ4v) is 1.20. The van der Waals surface area contributed by atoms with Gasteiger partial charge in [0.25, 0.3) is 0 Å². The summed E-state index contributed by atoms with van der Waals surface area (Å²) in [5, 5.41) is 18.2. The summed E-state index contributed by atoms with van der Waals surface area (Å²) in [5.41, 5.74) is 0. The van der Waals surface area contributed by atoms with Crippen molar-refractivity contribution in [3.05, 3.63) is 11.8 Å². The van der Waals surface area contributed by atoms with E-state index in [9.17, 15) is 9.90 Å². The Hall–Kier alpha value is -1.03. The Labute approximate surface area is 90.6 Å². The van der Waals surface area contributed by atoms with Gasteiger partial charge in [-0.1, -0.05) is 26.2 Å². The number of aliphatic carboxylic acids is 1. The molecule has 0 bridgehead atoms. The standard InChI is InChI=1S/C11H20O4/c1-3-5-6-7-9(12)8-10(11(13)14)15-4-2/h8-9,12H,3-7H2,1-2H3,(H,13,14). The van der Waals surface area contributed by atoms with Gasteiger partial charge in [-0.05, 0) is 19.4 Å². The molecule has 0 aromatic carbocycles. The molecule has 4 heteroatoms. The molecule has 0 aliphatic rings. The minimum Gasteiger partial charge on any atom is -0.487 e. The summed E-state index contributed by atoms with van der Waals surface area (Å²) in [4.78, 5) is 10.7. The lowest BCUT2D eigenvalue weighted by Gasteiger charge is -2.08. The Morgan fingerprint density at radius 2 is 2.07 bits per heavy atom. The third-order valence-electron chi connectivity index (χ3n) is 1.96. The summed E-state index contributed by atoms with van der Waals surface area (Å²) >= 11 is 0. The lowest BCUT2D eigenvalue weighted by Crippen LogP contribution is -2.11. The fraction of sp³-hybridized carbons (Fsp3) is 0.727. The number of aliphatic hydroxyl groups is 1. The van der Waals surface area contributed by atoms with Gasteiger partial charge < -0.3 is 14.9 Å². The zero-order valence-corrected chi connectivity index (χ0v) is 9.40. The first kappa shape index (κ1) is 14.0. The van der Waals surface area contributed by atoms with E-state index in [0.29, 0.717) is 13.0 Å². The molecule has 0 spiro atoms. The Kier molecular flexibility index (Phi) is 7.72. The van der Waals surface area contributed by atoms with E-state index in [4.69, 9.17) is 9.84 Å². The van der Waals surface area contributed by atoms with Gasteiger partial charge in [0.15, 0.2) is 0 Å². The minimum absolute atomic E-state index is 0.165. The molecule has 0 saturated heterocycles. The highest BCUT2D eigenvalue weighted by Crippen LogP contribution is 2.07. The summed E-state index contributed by atoms with van der Waals surface area (Å²) in [6, 6.07) is 0. The van der Waals surface area contributed by atoms with Gasteiger partial charge in [-0.2, -0.15) is 0 Å². The smallest absolute Gasteiger partial charge is 0.370 e. The lowest BCUT2D eigenvalue weighted by molar-refractivity contribution is -0.136. The average Bonchev–Trinajstić information content (AvgIpc) is 2.17. The molecular weight excluding hydrogens is 196 g/mol. The van der Waals surface area contributed by atoms with Crippen molar-refractivity contribution in [2.24, 2.45) is 0 Å². The number of ether oxygens (including phenoxy) is 1. The summed E-state index contributed by atoms with van der Waals surface area (Å²) in [5.74, 6) is -1.30. The van der Waals surface area contributed by atoms with Gasteiger partial charge in [0.2, 0.25) is 5.76 Å². The largest absolute Gasteiger partial charge is 0.487 e. The molecule has 0 aromatic heterocycles. The lowest BCUT2D eigenvalue weighted by atomic mass is 10.1. The van der Waals surface area contributed by atoms with Gasteiger partial charge >= 0.3 is 5.97 Å². The first-order chi connectivity index (χ1) is 7.11. The van der Waals surface area contributed by atoms with Crippen LogP contribution in [-0.4, -0.2) is 28.9 Å². The Morgan fingerprint density at radius 1 is 1.40 bits per heavy atom. The molecule has 1 unspecified atom stereocenters. The molecular formula is C11H20O4. The van der Waals surface area contributed by atoms with Crippen molar-refractivity contribution in [3.8, 4) is 0 Å². The molecule has 0 heterocycles. The molecule has 0 aromatic rings. The van der Waals surface area contributed by atoms with Gasteiger partial charge in [-0.25, -0.2) is 4.79 Å². The van der Waals surface area contributed by atoms with Crippen LogP contribution in [0.1, 0.15) is 39.5 Å². The number of carboxylic acid groups (broad SMARTS) is 1. The quantitative estimate of drug-likeness (QED) is 0.369. The first-order valence-electron chi connectivity index (χ1n) is 5.37. The highest BCUT2D eigenvalue weighted by atomic mass is 16.5. The van der Waals surface area contributed by atoms with Crippen molar-refractivity contribution in [2.75, 3.05) is 6.61 Å². The molecule has 0 aliphatic carbocycles. The normalized spacial score (nSPS) is 13.7. The van der Waals surface area contributed by atoms with Crippen molar-refractivity contribution in [3.63, 3.8) is 0 Å². The van der Waals surface area contributed by atoms with Crippen molar-refractivity contribution in [1.29, 1.82) is 0 Å². The van der Waals surface area contributed by atoms with Crippen LogP contribution in [0.2, 0.25) is 0 Å². The molecule has 0 radical (unpaired) electrons. The number of carboxylic acids is 1. The molecule has 0 fully saturated rings. The van der Waals surface area contributed by atoms with E-state index in [1.807, 2.05) is 0 Å². The number of aliphatic hydroxyl groups excluding tert-OH is 1.